The third-order valence-corrected chi connectivity index (χ3v) is 19.4. The Hall–Kier alpha value is -4.62. The Kier molecular flexibility index (Phi) is 15.9. The van der Waals surface area contributed by atoms with Crippen molar-refractivity contribution in [2.24, 2.45) is 0 Å². The van der Waals surface area contributed by atoms with Crippen LogP contribution in [0, 0.1) is 10.1 Å². The first-order chi connectivity index (χ1) is 28.9. The Bertz CT molecular complexity index is 2210. The summed E-state index contributed by atoms with van der Waals surface area (Å²) in [7, 11) is 3.89. The SMILES string of the molecule is COc1cc(N(C)CCN(C)C)c([N+](=O)[O-])cc1Nc1nccc(-c2c(-c3ccc4ccoc4c3)nc(CCCO[Si](C(C)C)(C(C)C)C(C)C)n2COCC[Si](C)(C)C)n1. The molecular formula is C45H68N8O6Si2. The quantitative estimate of drug-likeness (QED) is 0.0288. The van der Waals surface area contributed by atoms with E-state index in [0.717, 1.165) is 52.8 Å². The minimum absolute atomic E-state index is 0.0615. The average Bonchev–Trinajstić information content (AvgIpc) is 3.82. The van der Waals surface area contributed by atoms with Gasteiger partial charge in [-0.15, -0.1) is 0 Å². The highest BCUT2D eigenvalue weighted by molar-refractivity contribution is 6.77. The summed E-state index contributed by atoms with van der Waals surface area (Å²) in [6.45, 7) is 23.8. The van der Waals surface area contributed by atoms with E-state index in [4.69, 9.17) is 28.3 Å². The number of nitrogens with zero attached hydrogens (tertiary/aromatic N) is 7. The monoisotopic (exact) mass is 872 g/mol. The number of likely N-dealkylation sites (N-methyl/N-ethyl adjacent to an activating group) is 2. The molecular weight excluding hydrogens is 805 g/mol. The predicted molar refractivity (Wildman–Crippen MR) is 253 cm³/mol. The number of nitro groups is 1. The smallest absolute Gasteiger partial charge is 0.294 e. The molecule has 14 nitrogen and oxygen atoms in total. The van der Waals surface area contributed by atoms with Gasteiger partial charge in [-0.2, -0.15) is 0 Å². The zero-order valence-corrected chi connectivity index (χ0v) is 40.7. The Morgan fingerprint density at radius 1 is 0.934 bits per heavy atom. The second-order valence-corrected chi connectivity index (χ2v) is 29.4. The van der Waals surface area contributed by atoms with Gasteiger partial charge in [-0.05, 0) is 61.4 Å². The number of nitrogens with one attached hydrogen (secondary N) is 1. The van der Waals surface area contributed by atoms with Crippen molar-refractivity contribution in [3.63, 3.8) is 0 Å². The van der Waals surface area contributed by atoms with Crippen molar-refractivity contribution in [1.29, 1.82) is 0 Å². The fraction of sp³-hybridized carbons (Fsp3) is 0.533. The Balaban J connectivity index is 1.59. The fourth-order valence-corrected chi connectivity index (χ4v) is 14.6. The van der Waals surface area contributed by atoms with Gasteiger partial charge in [0.05, 0.1) is 41.1 Å². The lowest BCUT2D eigenvalue weighted by Gasteiger charge is -2.42. The molecule has 0 aliphatic rings. The van der Waals surface area contributed by atoms with Crippen LogP contribution in [0.5, 0.6) is 5.75 Å². The van der Waals surface area contributed by atoms with Gasteiger partial charge in [0.15, 0.2) is 8.32 Å². The molecule has 0 bridgehead atoms. The number of rotatable bonds is 23. The van der Waals surface area contributed by atoms with Gasteiger partial charge in [0.1, 0.15) is 29.6 Å². The van der Waals surface area contributed by atoms with E-state index in [1.54, 1.807) is 25.6 Å². The maximum Gasteiger partial charge on any atom is 0.294 e. The molecule has 0 saturated carbocycles. The van der Waals surface area contributed by atoms with Crippen LogP contribution in [-0.2, 0) is 22.3 Å². The molecule has 16 heteroatoms. The number of ether oxygens (including phenoxy) is 2. The van der Waals surface area contributed by atoms with E-state index in [1.807, 2.05) is 55.2 Å². The molecule has 5 rings (SSSR count). The number of aromatic nitrogens is 4. The lowest BCUT2D eigenvalue weighted by molar-refractivity contribution is -0.384. The first kappa shape index (κ1) is 47.4. The van der Waals surface area contributed by atoms with Crippen LogP contribution >= 0.6 is 0 Å². The molecule has 5 aromatic rings. The van der Waals surface area contributed by atoms with Gasteiger partial charge in [-0.25, -0.2) is 15.0 Å². The number of nitro benzene ring substituents is 1. The van der Waals surface area contributed by atoms with Crippen molar-refractivity contribution in [2.45, 2.75) is 103 Å². The summed E-state index contributed by atoms with van der Waals surface area (Å²) in [5.74, 6) is 1.53. The standard InChI is InChI=1S/C45H68N8O6Si2/c1-31(2)61(32(3)4,33(5)6)59-23-14-15-42-49-43(35-17-16-34-19-24-58-40(34)27-35)44(52(42)30-57-25-26-60(11,12)13)36-18-20-46-45(47-36)48-37-28-39(53(54)55)38(29-41(37)56-10)51(9)22-21-50(7)8/h16-20,24,27-29,31-33H,14-15,21-23,25-26,30H2,1-13H3,(H,46,47,48). The molecule has 0 saturated heterocycles. The van der Waals surface area contributed by atoms with Crippen molar-refractivity contribution in [1.82, 2.24) is 24.4 Å². The number of methoxy groups -OCH3 is 1. The number of benzene rings is 2. The molecule has 3 heterocycles. The molecule has 0 amide bonds. The molecule has 0 aliphatic heterocycles. The molecule has 0 aliphatic carbocycles. The van der Waals surface area contributed by atoms with Crippen LogP contribution in [0.2, 0.25) is 42.3 Å². The second-order valence-electron chi connectivity index (χ2n) is 18.4. The Morgan fingerprint density at radius 3 is 2.30 bits per heavy atom. The van der Waals surface area contributed by atoms with Gasteiger partial charge < -0.3 is 38.0 Å². The number of imidazole rings is 1. The van der Waals surface area contributed by atoms with Gasteiger partial charge in [0.2, 0.25) is 5.95 Å². The van der Waals surface area contributed by atoms with E-state index in [2.05, 4.69) is 82.1 Å². The topological polar surface area (TPSA) is 146 Å². The fourth-order valence-electron chi connectivity index (χ4n) is 8.32. The van der Waals surface area contributed by atoms with E-state index in [-0.39, 0.29) is 23.3 Å². The van der Waals surface area contributed by atoms with Crippen LogP contribution in [0.3, 0.4) is 0 Å². The summed E-state index contributed by atoms with van der Waals surface area (Å²) in [6.07, 6.45) is 4.83. The molecule has 0 radical (unpaired) electrons. The summed E-state index contributed by atoms with van der Waals surface area (Å²) in [5, 5.41) is 16.7. The molecule has 0 atom stereocenters. The highest BCUT2D eigenvalue weighted by atomic mass is 28.4. The third kappa shape index (κ3) is 11.5. The van der Waals surface area contributed by atoms with Gasteiger partial charge in [0, 0.05) is 77.1 Å². The van der Waals surface area contributed by atoms with Gasteiger partial charge in [-0.3, -0.25) is 10.1 Å². The van der Waals surface area contributed by atoms with Crippen molar-refractivity contribution in [2.75, 3.05) is 64.8 Å². The zero-order valence-electron chi connectivity index (χ0n) is 38.7. The third-order valence-electron chi connectivity index (χ3n) is 11.5. The van der Waals surface area contributed by atoms with E-state index in [1.165, 1.54) is 6.07 Å². The maximum atomic E-state index is 12.4. The molecule has 2 aromatic carbocycles. The van der Waals surface area contributed by atoms with Gasteiger partial charge in [-0.1, -0.05) is 73.3 Å². The zero-order chi connectivity index (χ0) is 44.6. The number of aryl methyl sites for hydroxylation is 1. The first-order valence-electron chi connectivity index (χ1n) is 21.5. The van der Waals surface area contributed by atoms with Gasteiger partial charge >= 0.3 is 0 Å². The lowest BCUT2D eigenvalue weighted by Crippen LogP contribution is -2.48. The number of furan rings is 1. The van der Waals surface area contributed by atoms with E-state index >= 15 is 0 Å². The summed E-state index contributed by atoms with van der Waals surface area (Å²) in [5.41, 5.74) is 5.97. The number of hydrogen-bond donors (Lipinski definition) is 1. The highest BCUT2D eigenvalue weighted by Crippen LogP contribution is 2.43. The van der Waals surface area contributed by atoms with Crippen LogP contribution in [-0.4, -0.2) is 100 Å². The maximum absolute atomic E-state index is 12.4. The van der Waals surface area contributed by atoms with Crippen LogP contribution in [0.1, 0.15) is 53.8 Å². The largest absolute Gasteiger partial charge is 0.494 e. The average molecular weight is 873 g/mol. The predicted octanol–water partition coefficient (Wildman–Crippen LogP) is 10.8. The normalized spacial score (nSPS) is 12.4. The minimum Gasteiger partial charge on any atom is -0.494 e. The van der Waals surface area contributed by atoms with Crippen molar-refractivity contribution in [3.05, 3.63) is 70.9 Å². The summed E-state index contributed by atoms with van der Waals surface area (Å²) >= 11 is 0. The highest BCUT2D eigenvalue weighted by Gasteiger charge is 2.44. The molecule has 3 aromatic heterocycles. The first-order valence-corrected chi connectivity index (χ1v) is 27.3. The lowest BCUT2D eigenvalue weighted by atomic mass is 10.1. The van der Waals surface area contributed by atoms with Crippen LogP contribution < -0.4 is 15.0 Å². The molecule has 61 heavy (non-hydrogen) atoms. The van der Waals surface area contributed by atoms with Crippen molar-refractivity contribution in [3.8, 4) is 28.4 Å². The summed E-state index contributed by atoms with van der Waals surface area (Å²) < 4.78 is 27.2. The van der Waals surface area contributed by atoms with Crippen LogP contribution in [0.25, 0.3) is 33.6 Å². The van der Waals surface area contributed by atoms with Gasteiger partial charge in [0.25, 0.3) is 5.69 Å². The van der Waals surface area contributed by atoms with Crippen LogP contribution in [0.4, 0.5) is 23.0 Å². The van der Waals surface area contributed by atoms with Crippen molar-refractivity contribution < 1.29 is 23.2 Å². The number of anilines is 3. The Labute approximate surface area is 364 Å². The van der Waals surface area contributed by atoms with E-state index < -0.39 is 16.4 Å². The van der Waals surface area contributed by atoms with E-state index in [0.29, 0.717) is 65.6 Å². The number of fused-ring (bicyclic) bond motifs is 1. The van der Waals surface area contributed by atoms with Crippen molar-refractivity contribution >= 4 is 50.4 Å². The molecule has 1 N–H and O–H groups in total. The number of hydrogen-bond acceptors (Lipinski definition) is 12. The van der Waals surface area contributed by atoms with E-state index in [9.17, 15) is 10.1 Å². The summed E-state index contributed by atoms with van der Waals surface area (Å²) in [6, 6.07) is 14.1. The molecule has 0 fully saturated rings. The summed E-state index contributed by atoms with van der Waals surface area (Å²) in [4.78, 5) is 30.9. The van der Waals surface area contributed by atoms with Crippen LogP contribution in [0.15, 0.2) is 59.3 Å². The Morgan fingerprint density at radius 2 is 1.66 bits per heavy atom. The molecule has 0 unspecified atom stereocenters. The molecule has 332 valence electrons. The molecule has 0 spiro atoms. The minimum atomic E-state index is -2.06. The second kappa shape index (κ2) is 20.5.